The molecule has 1 aliphatic heterocycles. The first-order chi connectivity index (χ1) is 13.7. The summed E-state index contributed by atoms with van der Waals surface area (Å²) in [4.78, 5) is 12.8. The zero-order chi connectivity index (χ0) is 19.1. The number of benzene rings is 2. The summed E-state index contributed by atoms with van der Waals surface area (Å²) >= 11 is 0. The Labute approximate surface area is 158 Å². The minimum Gasteiger partial charge on any atom is -0.464 e. The molecule has 0 radical (unpaired) electrons. The molecule has 0 spiro atoms. The van der Waals surface area contributed by atoms with E-state index in [0.717, 1.165) is 10.9 Å². The van der Waals surface area contributed by atoms with Gasteiger partial charge in [0, 0.05) is 11.9 Å². The van der Waals surface area contributed by atoms with Crippen LogP contribution in [-0.4, -0.2) is 17.9 Å². The predicted molar refractivity (Wildman–Crippen MR) is 99.9 cm³/mol. The Kier molecular flexibility index (Phi) is 3.68. The molecule has 140 valence electrons. The minimum absolute atomic E-state index is 0.0523. The Hall–Kier alpha value is -3.94. The van der Waals surface area contributed by atoms with Gasteiger partial charge in [0.2, 0.25) is 12.7 Å². The second-order valence-corrected chi connectivity index (χ2v) is 6.29. The van der Waals surface area contributed by atoms with Gasteiger partial charge in [-0.15, -0.1) is 0 Å². The fraction of sp³-hybridized carbons (Fsp3) is 0.100. The third-order valence-electron chi connectivity index (χ3n) is 4.57. The molecule has 0 saturated heterocycles. The van der Waals surface area contributed by atoms with E-state index in [9.17, 15) is 4.79 Å². The lowest BCUT2D eigenvalue weighted by Gasteiger charge is -2.06. The average Bonchev–Trinajstić information content (AvgIpc) is 3.43. The molecule has 0 bridgehead atoms. The van der Waals surface area contributed by atoms with Gasteiger partial charge in [-0.05, 0) is 23.8 Å². The summed E-state index contributed by atoms with van der Waals surface area (Å²) in [5.41, 5.74) is 8.58. The maximum absolute atomic E-state index is 12.8. The van der Waals surface area contributed by atoms with Crippen molar-refractivity contribution >= 4 is 22.8 Å². The van der Waals surface area contributed by atoms with Gasteiger partial charge in [-0.2, -0.15) is 0 Å². The fourth-order valence-electron chi connectivity index (χ4n) is 3.19. The lowest BCUT2D eigenvalue weighted by atomic mass is 10.1. The first-order valence-corrected chi connectivity index (χ1v) is 8.59. The number of nitrogens with zero attached hydrogens (tertiary/aromatic N) is 1. The molecule has 0 unspecified atom stereocenters. The Morgan fingerprint density at radius 3 is 2.93 bits per heavy atom. The second-order valence-electron chi connectivity index (χ2n) is 6.29. The standard InChI is InChI=1S/C20H15N3O5/c21-19-17(18(23-28-19)13-9-25-14-4-2-1-3-12(13)14)20(24)22-8-11-5-6-15-16(7-11)27-10-26-15/h1-7,9H,8,10,21H2,(H,22,24). The lowest BCUT2D eigenvalue weighted by molar-refractivity contribution is 0.0952. The Balaban J connectivity index is 1.42. The highest BCUT2D eigenvalue weighted by atomic mass is 16.7. The molecule has 2 aromatic heterocycles. The summed E-state index contributed by atoms with van der Waals surface area (Å²) in [7, 11) is 0. The van der Waals surface area contributed by atoms with Crippen LogP contribution in [0.1, 0.15) is 15.9 Å². The molecule has 8 nitrogen and oxygen atoms in total. The molecule has 3 heterocycles. The molecule has 0 fully saturated rings. The zero-order valence-electron chi connectivity index (χ0n) is 14.6. The lowest BCUT2D eigenvalue weighted by Crippen LogP contribution is -2.23. The van der Waals surface area contributed by atoms with E-state index in [4.69, 9.17) is 24.1 Å². The molecule has 28 heavy (non-hydrogen) atoms. The number of para-hydroxylation sites is 1. The molecule has 3 N–H and O–H groups in total. The molecule has 0 saturated carbocycles. The quantitative estimate of drug-likeness (QED) is 0.561. The van der Waals surface area contributed by atoms with Crippen LogP contribution >= 0.6 is 0 Å². The number of hydrogen-bond donors (Lipinski definition) is 2. The van der Waals surface area contributed by atoms with E-state index < -0.39 is 5.91 Å². The smallest absolute Gasteiger partial charge is 0.259 e. The number of carbonyl (C=O) groups excluding carboxylic acids is 1. The molecule has 5 rings (SSSR count). The van der Waals surface area contributed by atoms with E-state index in [1.165, 1.54) is 6.26 Å². The first kappa shape index (κ1) is 16.2. The molecule has 1 amide bonds. The van der Waals surface area contributed by atoms with Crippen LogP contribution in [0.15, 0.2) is 57.7 Å². The molecular weight excluding hydrogens is 362 g/mol. The number of ether oxygens (including phenoxy) is 2. The normalized spacial score (nSPS) is 12.4. The number of anilines is 1. The van der Waals surface area contributed by atoms with E-state index >= 15 is 0 Å². The first-order valence-electron chi connectivity index (χ1n) is 8.59. The summed E-state index contributed by atoms with van der Waals surface area (Å²) in [5, 5.41) is 7.63. The van der Waals surface area contributed by atoms with Crippen molar-refractivity contribution in [3.8, 4) is 22.8 Å². The molecule has 2 aromatic carbocycles. The number of rotatable bonds is 4. The van der Waals surface area contributed by atoms with Crippen molar-refractivity contribution in [2.24, 2.45) is 0 Å². The number of carbonyl (C=O) groups is 1. The number of nitrogens with two attached hydrogens (primary N) is 1. The van der Waals surface area contributed by atoms with Crippen LogP contribution in [-0.2, 0) is 6.54 Å². The molecule has 0 aliphatic carbocycles. The molecule has 8 heteroatoms. The number of fused-ring (bicyclic) bond motifs is 2. The summed E-state index contributed by atoms with van der Waals surface area (Å²) in [6.45, 7) is 0.482. The largest absolute Gasteiger partial charge is 0.464 e. The van der Waals surface area contributed by atoms with Crippen LogP contribution in [0.5, 0.6) is 11.5 Å². The van der Waals surface area contributed by atoms with Crippen molar-refractivity contribution in [1.29, 1.82) is 0 Å². The number of amides is 1. The van der Waals surface area contributed by atoms with Crippen molar-refractivity contribution < 1.29 is 23.2 Å². The number of nitrogens with one attached hydrogen (secondary N) is 1. The Morgan fingerprint density at radius 1 is 1.14 bits per heavy atom. The second kappa shape index (κ2) is 6.34. The van der Waals surface area contributed by atoms with Gasteiger partial charge in [0.1, 0.15) is 23.1 Å². The number of nitrogen functional groups attached to an aromatic ring is 1. The third kappa shape index (κ3) is 2.62. The average molecular weight is 377 g/mol. The van der Waals surface area contributed by atoms with Crippen LogP contribution in [0.25, 0.3) is 22.2 Å². The minimum atomic E-state index is -0.392. The van der Waals surface area contributed by atoms with Crippen LogP contribution in [0.3, 0.4) is 0 Å². The van der Waals surface area contributed by atoms with Gasteiger partial charge >= 0.3 is 0 Å². The van der Waals surface area contributed by atoms with E-state index in [0.29, 0.717) is 28.3 Å². The van der Waals surface area contributed by atoms with E-state index in [-0.39, 0.29) is 24.8 Å². The summed E-state index contributed by atoms with van der Waals surface area (Å²) in [6.07, 6.45) is 1.54. The summed E-state index contributed by atoms with van der Waals surface area (Å²) < 4.78 is 21.3. The summed E-state index contributed by atoms with van der Waals surface area (Å²) in [5.74, 6) is 0.898. The fourth-order valence-corrected chi connectivity index (χ4v) is 3.19. The SMILES string of the molecule is Nc1onc(-c2coc3ccccc23)c1C(=O)NCc1ccc2c(c1)OCO2. The van der Waals surface area contributed by atoms with Crippen molar-refractivity contribution in [1.82, 2.24) is 10.5 Å². The third-order valence-corrected chi connectivity index (χ3v) is 4.57. The van der Waals surface area contributed by atoms with Gasteiger partial charge in [0.25, 0.3) is 5.91 Å². The highest BCUT2D eigenvalue weighted by Gasteiger charge is 2.25. The Morgan fingerprint density at radius 2 is 2.00 bits per heavy atom. The van der Waals surface area contributed by atoms with Crippen molar-refractivity contribution in [2.45, 2.75) is 6.54 Å². The zero-order valence-corrected chi connectivity index (χ0v) is 14.6. The number of hydrogen-bond acceptors (Lipinski definition) is 7. The molecular formula is C20H15N3O5. The monoisotopic (exact) mass is 377 g/mol. The number of aromatic nitrogens is 1. The molecule has 0 atom stereocenters. The van der Waals surface area contributed by atoms with Crippen molar-refractivity contribution in [3.63, 3.8) is 0 Å². The van der Waals surface area contributed by atoms with Crippen LogP contribution < -0.4 is 20.5 Å². The van der Waals surface area contributed by atoms with Crippen LogP contribution in [0.2, 0.25) is 0 Å². The Bertz CT molecular complexity index is 1190. The van der Waals surface area contributed by atoms with Gasteiger partial charge < -0.3 is 29.5 Å². The highest BCUT2D eigenvalue weighted by molar-refractivity contribution is 6.06. The van der Waals surface area contributed by atoms with Crippen molar-refractivity contribution in [2.75, 3.05) is 12.5 Å². The predicted octanol–water partition coefficient (Wildman–Crippen LogP) is 3.33. The van der Waals surface area contributed by atoms with E-state index in [2.05, 4.69) is 10.5 Å². The molecule has 4 aromatic rings. The molecule has 1 aliphatic rings. The topological polar surface area (TPSA) is 113 Å². The van der Waals surface area contributed by atoms with Gasteiger partial charge in [0.05, 0.1) is 5.56 Å². The van der Waals surface area contributed by atoms with Gasteiger partial charge in [0.15, 0.2) is 11.5 Å². The van der Waals surface area contributed by atoms with Crippen molar-refractivity contribution in [3.05, 3.63) is 59.9 Å². The van der Waals surface area contributed by atoms with Gasteiger partial charge in [-0.1, -0.05) is 29.4 Å². The highest BCUT2D eigenvalue weighted by Crippen LogP contribution is 2.35. The maximum atomic E-state index is 12.8. The van der Waals surface area contributed by atoms with Gasteiger partial charge in [-0.3, -0.25) is 4.79 Å². The van der Waals surface area contributed by atoms with Crippen LogP contribution in [0.4, 0.5) is 5.88 Å². The van der Waals surface area contributed by atoms with Crippen LogP contribution in [0, 0.1) is 0 Å². The number of furan rings is 1. The van der Waals surface area contributed by atoms with E-state index in [1.54, 1.807) is 6.07 Å². The maximum Gasteiger partial charge on any atom is 0.259 e. The summed E-state index contributed by atoms with van der Waals surface area (Å²) in [6, 6.07) is 12.9. The van der Waals surface area contributed by atoms with E-state index in [1.807, 2.05) is 36.4 Å². The van der Waals surface area contributed by atoms with Gasteiger partial charge in [-0.25, -0.2) is 0 Å².